The second-order valence-electron chi connectivity index (χ2n) is 5.12. The molecule has 1 atom stereocenters. The van der Waals surface area contributed by atoms with Gasteiger partial charge in [-0.25, -0.2) is 0 Å². The molecule has 2 rings (SSSR count). The third kappa shape index (κ3) is 3.63. The average Bonchev–Trinajstić information content (AvgIpc) is 2.83. The number of hydrogen-bond acceptors (Lipinski definition) is 4. The Morgan fingerprint density at radius 1 is 1.33 bits per heavy atom. The molecule has 3 nitrogen and oxygen atoms in total. The highest BCUT2D eigenvalue weighted by molar-refractivity contribution is 7.12. The van der Waals surface area contributed by atoms with Crippen LogP contribution in [-0.2, 0) is 6.54 Å². The molecule has 1 N–H and O–H groups in total. The Labute approximate surface area is 130 Å². The average molecular weight is 300 g/mol. The number of aryl methyl sites for hydroxylation is 2. The number of nitrogens with one attached hydrogen (secondary N) is 1. The van der Waals surface area contributed by atoms with Gasteiger partial charge in [0.05, 0.1) is 12.7 Å². The molecule has 0 amide bonds. The van der Waals surface area contributed by atoms with Gasteiger partial charge in [0, 0.05) is 22.3 Å². The monoisotopic (exact) mass is 300 g/mol. The van der Waals surface area contributed by atoms with Crippen molar-refractivity contribution in [1.82, 2.24) is 5.32 Å². The van der Waals surface area contributed by atoms with Gasteiger partial charge >= 0.3 is 0 Å². The van der Waals surface area contributed by atoms with Crippen LogP contribution < -0.4 is 10.1 Å². The SMILES string of the molecule is COc1ccc(CNC(C)c2cc(C)sc2C)cc1C#N. The first kappa shape index (κ1) is 15.6. The van der Waals surface area contributed by atoms with Crippen molar-refractivity contribution in [3.05, 3.63) is 50.7 Å². The summed E-state index contributed by atoms with van der Waals surface area (Å²) < 4.78 is 5.16. The third-order valence-corrected chi connectivity index (χ3v) is 4.52. The van der Waals surface area contributed by atoms with E-state index in [2.05, 4.69) is 38.2 Å². The van der Waals surface area contributed by atoms with E-state index in [0.717, 1.165) is 12.1 Å². The van der Waals surface area contributed by atoms with E-state index in [1.54, 1.807) is 7.11 Å². The van der Waals surface area contributed by atoms with Gasteiger partial charge < -0.3 is 10.1 Å². The predicted octanol–water partition coefficient (Wildman–Crippen LogP) is 4.10. The van der Waals surface area contributed by atoms with Crippen LogP contribution in [0.4, 0.5) is 0 Å². The van der Waals surface area contributed by atoms with E-state index >= 15 is 0 Å². The molecule has 0 aliphatic heterocycles. The number of ether oxygens (including phenoxy) is 1. The number of methoxy groups -OCH3 is 1. The molecule has 0 aliphatic rings. The molecule has 0 saturated carbocycles. The second kappa shape index (κ2) is 6.75. The van der Waals surface area contributed by atoms with E-state index in [4.69, 9.17) is 10.00 Å². The Morgan fingerprint density at radius 3 is 2.67 bits per heavy atom. The minimum absolute atomic E-state index is 0.294. The molecule has 21 heavy (non-hydrogen) atoms. The van der Waals surface area contributed by atoms with Crippen LogP contribution >= 0.6 is 11.3 Å². The first-order chi connectivity index (χ1) is 10.0. The highest BCUT2D eigenvalue weighted by Crippen LogP contribution is 2.26. The summed E-state index contributed by atoms with van der Waals surface area (Å²) in [6, 6.07) is 10.4. The van der Waals surface area contributed by atoms with E-state index in [9.17, 15) is 0 Å². The van der Waals surface area contributed by atoms with Crippen LogP contribution in [0.25, 0.3) is 0 Å². The maximum Gasteiger partial charge on any atom is 0.136 e. The maximum absolute atomic E-state index is 9.12. The number of rotatable bonds is 5. The van der Waals surface area contributed by atoms with Crippen LogP contribution in [-0.4, -0.2) is 7.11 Å². The van der Waals surface area contributed by atoms with E-state index in [1.165, 1.54) is 15.3 Å². The molecular formula is C17H20N2OS. The highest BCUT2D eigenvalue weighted by Gasteiger charge is 2.11. The van der Waals surface area contributed by atoms with Gasteiger partial charge in [-0.15, -0.1) is 11.3 Å². The first-order valence-electron chi connectivity index (χ1n) is 6.92. The summed E-state index contributed by atoms with van der Waals surface area (Å²) in [5, 5.41) is 12.6. The van der Waals surface area contributed by atoms with Crippen molar-refractivity contribution in [3.8, 4) is 11.8 Å². The van der Waals surface area contributed by atoms with E-state index in [-0.39, 0.29) is 0 Å². The zero-order chi connectivity index (χ0) is 15.4. The molecule has 1 aromatic heterocycles. The van der Waals surface area contributed by atoms with Crippen molar-refractivity contribution in [1.29, 1.82) is 5.26 Å². The molecule has 0 bridgehead atoms. The van der Waals surface area contributed by atoms with Crippen LogP contribution in [0.5, 0.6) is 5.75 Å². The molecule has 1 aromatic carbocycles. The van der Waals surface area contributed by atoms with Gasteiger partial charge in [0.25, 0.3) is 0 Å². The van der Waals surface area contributed by atoms with Crippen molar-refractivity contribution >= 4 is 11.3 Å². The number of nitriles is 1. The summed E-state index contributed by atoms with van der Waals surface area (Å²) in [6.07, 6.45) is 0. The lowest BCUT2D eigenvalue weighted by molar-refractivity contribution is 0.413. The topological polar surface area (TPSA) is 45.0 Å². The van der Waals surface area contributed by atoms with Crippen LogP contribution in [0.2, 0.25) is 0 Å². The van der Waals surface area contributed by atoms with Crippen molar-refractivity contribution in [2.75, 3.05) is 7.11 Å². The molecule has 0 fully saturated rings. The zero-order valence-corrected chi connectivity index (χ0v) is 13.7. The molecular weight excluding hydrogens is 280 g/mol. The quantitative estimate of drug-likeness (QED) is 0.904. The number of thiophene rings is 1. The Kier molecular flexibility index (Phi) is 5.00. The fraction of sp³-hybridized carbons (Fsp3) is 0.353. The maximum atomic E-state index is 9.12. The lowest BCUT2D eigenvalue weighted by Gasteiger charge is -2.14. The number of nitrogens with zero attached hydrogens (tertiary/aromatic N) is 1. The van der Waals surface area contributed by atoms with Crippen molar-refractivity contribution in [2.45, 2.75) is 33.4 Å². The summed E-state index contributed by atoms with van der Waals surface area (Å²) >= 11 is 1.83. The van der Waals surface area contributed by atoms with Crippen LogP contribution in [0.1, 0.15) is 39.4 Å². The van der Waals surface area contributed by atoms with Crippen molar-refractivity contribution < 1.29 is 4.74 Å². The second-order valence-corrected chi connectivity index (χ2v) is 6.58. The van der Waals surface area contributed by atoms with E-state index in [1.807, 2.05) is 29.5 Å². The molecule has 0 aliphatic carbocycles. The normalized spacial score (nSPS) is 12.0. The Bertz CT molecular complexity index is 670. The zero-order valence-electron chi connectivity index (χ0n) is 12.9. The molecule has 0 spiro atoms. The molecule has 2 aromatic rings. The Hall–Kier alpha value is -1.83. The molecule has 1 unspecified atom stereocenters. The Morgan fingerprint density at radius 2 is 2.10 bits per heavy atom. The fourth-order valence-corrected chi connectivity index (χ4v) is 3.44. The van der Waals surface area contributed by atoms with Crippen molar-refractivity contribution in [2.24, 2.45) is 0 Å². The van der Waals surface area contributed by atoms with Crippen LogP contribution in [0.15, 0.2) is 24.3 Å². The minimum Gasteiger partial charge on any atom is -0.495 e. The standard InChI is InChI=1S/C17H20N2OS/c1-11-7-16(13(3)21-11)12(2)19-10-14-5-6-17(20-4)15(8-14)9-18/h5-8,12,19H,10H2,1-4H3. The summed E-state index contributed by atoms with van der Waals surface area (Å²) in [7, 11) is 1.58. The van der Waals surface area contributed by atoms with Gasteiger partial charge in [0.2, 0.25) is 0 Å². The smallest absolute Gasteiger partial charge is 0.136 e. The molecule has 1 heterocycles. The van der Waals surface area contributed by atoms with Gasteiger partial charge in [0.15, 0.2) is 0 Å². The molecule has 110 valence electrons. The summed E-state index contributed by atoms with van der Waals surface area (Å²) in [5.41, 5.74) is 3.02. The first-order valence-corrected chi connectivity index (χ1v) is 7.74. The lowest BCUT2D eigenvalue weighted by atomic mass is 10.1. The summed E-state index contributed by atoms with van der Waals surface area (Å²) in [5.74, 6) is 0.624. The highest BCUT2D eigenvalue weighted by atomic mass is 32.1. The van der Waals surface area contributed by atoms with Gasteiger partial charge in [-0.3, -0.25) is 0 Å². The van der Waals surface area contributed by atoms with E-state index in [0.29, 0.717) is 17.4 Å². The summed E-state index contributed by atoms with van der Waals surface area (Å²) in [4.78, 5) is 2.70. The van der Waals surface area contributed by atoms with Crippen LogP contribution in [0, 0.1) is 25.2 Å². The van der Waals surface area contributed by atoms with Crippen molar-refractivity contribution in [3.63, 3.8) is 0 Å². The van der Waals surface area contributed by atoms with Gasteiger partial charge in [-0.05, 0) is 50.1 Å². The Balaban J connectivity index is 2.06. The largest absolute Gasteiger partial charge is 0.495 e. The summed E-state index contributed by atoms with van der Waals surface area (Å²) in [6.45, 7) is 7.19. The van der Waals surface area contributed by atoms with Gasteiger partial charge in [0.1, 0.15) is 11.8 Å². The molecule has 0 saturated heterocycles. The van der Waals surface area contributed by atoms with Gasteiger partial charge in [-0.1, -0.05) is 6.07 Å². The molecule has 4 heteroatoms. The third-order valence-electron chi connectivity index (χ3n) is 3.54. The molecule has 0 radical (unpaired) electrons. The number of benzene rings is 1. The van der Waals surface area contributed by atoms with Gasteiger partial charge in [-0.2, -0.15) is 5.26 Å². The number of hydrogen-bond donors (Lipinski definition) is 1. The lowest BCUT2D eigenvalue weighted by Crippen LogP contribution is -2.18. The minimum atomic E-state index is 0.294. The van der Waals surface area contributed by atoms with Crippen LogP contribution in [0.3, 0.4) is 0 Å². The fourth-order valence-electron chi connectivity index (χ4n) is 2.41. The van der Waals surface area contributed by atoms with E-state index < -0.39 is 0 Å². The predicted molar refractivity (Wildman–Crippen MR) is 86.8 cm³/mol.